The molecule has 0 radical (unpaired) electrons. The minimum atomic E-state index is -1.40. The van der Waals surface area contributed by atoms with Crippen LogP contribution in [-0.2, 0) is 20.3 Å². The Morgan fingerprint density at radius 2 is 2.06 bits per heavy atom. The minimum Gasteiger partial charge on any atom is -0.465 e. The van der Waals surface area contributed by atoms with Crippen LogP contribution >= 0.6 is 0 Å². The third kappa shape index (κ3) is 3.43. The molecule has 1 aromatic rings. The second-order valence-corrected chi connectivity index (χ2v) is 4.76. The van der Waals surface area contributed by atoms with Gasteiger partial charge in [-0.2, -0.15) is 5.26 Å². The van der Waals surface area contributed by atoms with Gasteiger partial charge >= 0.3 is 5.97 Å². The molecule has 18 heavy (non-hydrogen) atoms. The first kappa shape index (κ1) is 13.9. The lowest BCUT2D eigenvalue weighted by molar-refractivity contribution is -0.135. The maximum Gasteiger partial charge on any atom is 0.350 e. The monoisotopic (exact) mass is 264 g/mol. The van der Waals surface area contributed by atoms with E-state index >= 15 is 0 Å². The molecule has 1 unspecified atom stereocenters. The van der Waals surface area contributed by atoms with Crippen molar-refractivity contribution in [1.29, 1.82) is 5.26 Å². The summed E-state index contributed by atoms with van der Waals surface area (Å²) in [5.41, 5.74) is 5.27. The Morgan fingerprint density at radius 1 is 1.44 bits per heavy atom. The number of carbonyl (C=O) groups is 1. The van der Waals surface area contributed by atoms with Crippen molar-refractivity contribution in [2.75, 3.05) is 12.9 Å². The van der Waals surface area contributed by atoms with Crippen molar-refractivity contribution in [1.82, 2.24) is 0 Å². The molecule has 0 bridgehead atoms. The Hall–Kier alpha value is -2.13. The van der Waals surface area contributed by atoms with Crippen LogP contribution in [0.2, 0.25) is 0 Å². The van der Waals surface area contributed by atoms with Gasteiger partial charge in [-0.3, -0.25) is 4.21 Å². The number of nitrogens with two attached hydrogens (primary N) is 1. The standard InChI is InChI=1S/C12H12N2O3S/c1-17-12(15)10(7-13)11(14)8-18(16)9-5-3-2-4-6-9/h2-6H,8,14H2,1H3/b11-10-. The topological polar surface area (TPSA) is 93.2 Å². The van der Waals surface area contributed by atoms with Gasteiger partial charge in [0.25, 0.3) is 0 Å². The van der Waals surface area contributed by atoms with Gasteiger partial charge in [0, 0.05) is 10.6 Å². The number of hydrogen-bond donors (Lipinski definition) is 1. The van der Waals surface area contributed by atoms with Crippen molar-refractivity contribution >= 4 is 16.8 Å². The third-order valence-corrected chi connectivity index (χ3v) is 3.49. The van der Waals surface area contributed by atoms with Gasteiger partial charge in [0.15, 0.2) is 5.57 Å². The van der Waals surface area contributed by atoms with Crippen LogP contribution in [0.4, 0.5) is 0 Å². The van der Waals surface area contributed by atoms with Crippen molar-refractivity contribution < 1.29 is 13.7 Å². The maximum absolute atomic E-state index is 11.9. The van der Waals surface area contributed by atoms with Crippen LogP contribution in [0.25, 0.3) is 0 Å². The highest BCUT2D eigenvalue weighted by Crippen LogP contribution is 2.09. The number of esters is 1. The lowest BCUT2D eigenvalue weighted by Gasteiger charge is -2.04. The van der Waals surface area contributed by atoms with Gasteiger partial charge in [0.2, 0.25) is 0 Å². The van der Waals surface area contributed by atoms with Gasteiger partial charge in [-0.25, -0.2) is 4.79 Å². The summed E-state index contributed by atoms with van der Waals surface area (Å²) in [4.78, 5) is 11.8. The fourth-order valence-corrected chi connectivity index (χ4v) is 2.27. The van der Waals surface area contributed by atoms with Gasteiger partial charge in [0.05, 0.1) is 23.7 Å². The number of hydrogen-bond acceptors (Lipinski definition) is 5. The Kier molecular flexibility index (Phi) is 5.08. The molecule has 0 aliphatic heterocycles. The molecular formula is C12H12N2O3S. The van der Waals surface area contributed by atoms with Crippen LogP contribution in [0.5, 0.6) is 0 Å². The Bertz CT molecular complexity index is 532. The van der Waals surface area contributed by atoms with E-state index in [4.69, 9.17) is 11.0 Å². The number of nitrogens with zero attached hydrogens (tertiary/aromatic N) is 1. The smallest absolute Gasteiger partial charge is 0.350 e. The molecule has 0 fully saturated rings. The molecule has 94 valence electrons. The summed E-state index contributed by atoms with van der Waals surface area (Å²) in [5.74, 6) is -0.901. The summed E-state index contributed by atoms with van der Waals surface area (Å²) in [6.07, 6.45) is 0. The lowest BCUT2D eigenvalue weighted by atomic mass is 10.2. The predicted molar refractivity (Wildman–Crippen MR) is 66.6 cm³/mol. The molecule has 1 rings (SSSR count). The second-order valence-electron chi connectivity index (χ2n) is 3.31. The average molecular weight is 264 g/mol. The SMILES string of the molecule is COC(=O)/C(C#N)=C(\N)CS(=O)c1ccccc1. The van der Waals surface area contributed by atoms with Crippen LogP contribution in [0, 0.1) is 11.3 Å². The molecule has 1 atom stereocenters. The lowest BCUT2D eigenvalue weighted by Crippen LogP contribution is -2.16. The van der Waals surface area contributed by atoms with E-state index in [0.29, 0.717) is 4.90 Å². The molecular weight excluding hydrogens is 252 g/mol. The molecule has 0 aliphatic carbocycles. The molecule has 0 saturated heterocycles. The fraction of sp³-hybridized carbons (Fsp3) is 0.167. The Balaban J connectivity index is 2.91. The highest BCUT2D eigenvalue weighted by molar-refractivity contribution is 7.85. The van der Waals surface area contributed by atoms with Crippen LogP contribution in [-0.4, -0.2) is 23.0 Å². The van der Waals surface area contributed by atoms with E-state index in [1.165, 1.54) is 0 Å². The zero-order valence-corrected chi connectivity index (χ0v) is 10.6. The van der Waals surface area contributed by atoms with Crippen molar-refractivity contribution in [3.05, 3.63) is 41.6 Å². The maximum atomic E-state index is 11.9. The molecule has 1 aromatic carbocycles. The van der Waals surface area contributed by atoms with Crippen molar-refractivity contribution in [3.8, 4) is 6.07 Å². The summed E-state index contributed by atoms with van der Waals surface area (Å²) in [6.45, 7) is 0. The van der Waals surface area contributed by atoms with Crippen LogP contribution in [0.3, 0.4) is 0 Å². The molecule has 2 N–H and O–H groups in total. The van der Waals surface area contributed by atoms with Crippen LogP contribution in [0.1, 0.15) is 0 Å². The minimum absolute atomic E-state index is 0.0356. The van der Waals surface area contributed by atoms with E-state index < -0.39 is 16.8 Å². The number of rotatable bonds is 4. The summed E-state index contributed by atoms with van der Waals surface area (Å²) in [6, 6.07) is 10.3. The number of carbonyl (C=O) groups excluding carboxylic acids is 1. The summed E-state index contributed by atoms with van der Waals surface area (Å²) >= 11 is 0. The molecule has 0 spiro atoms. The van der Waals surface area contributed by atoms with E-state index in [2.05, 4.69) is 4.74 Å². The number of ether oxygens (including phenoxy) is 1. The molecule has 5 nitrogen and oxygen atoms in total. The fourth-order valence-electron chi connectivity index (χ4n) is 1.22. The highest BCUT2D eigenvalue weighted by atomic mass is 32.2. The van der Waals surface area contributed by atoms with Gasteiger partial charge in [-0.05, 0) is 12.1 Å². The zero-order valence-electron chi connectivity index (χ0n) is 9.75. The van der Waals surface area contributed by atoms with Crippen molar-refractivity contribution in [2.45, 2.75) is 4.90 Å². The average Bonchev–Trinajstić information content (AvgIpc) is 2.40. The van der Waals surface area contributed by atoms with Gasteiger partial charge in [-0.15, -0.1) is 0 Å². The third-order valence-electron chi connectivity index (χ3n) is 2.12. The number of benzene rings is 1. The number of methoxy groups -OCH3 is 1. The van der Waals surface area contributed by atoms with E-state index in [0.717, 1.165) is 7.11 Å². The summed E-state index contributed by atoms with van der Waals surface area (Å²) in [5, 5.41) is 8.79. The molecule has 0 aromatic heterocycles. The molecule has 0 amide bonds. The first-order valence-corrected chi connectivity index (χ1v) is 6.32. The zero-order chi connectivity index (χ0) is 13.5. The molecule has 0 aliphatic rings. The molecule has 0 saturated carbocycles. The Morgan fingerprint density at radius 3 is 2.56 bits per heavy atom. The summed E-state index contributed by atoms with van der Waals surface area (Å²) < 4.78 is 16.3. The number of nitriles is 1. The second kappa shape index (κ2) is 6.57. The van der Waals surface area contributed by atoms with E-state index in [9.17, 15) is 9.00 Å². The van der Waals surface area contributed by atoms with Crippen LogP contribution < -0.4 is 5.73 Å². The van der Waals surface area contributed by atoms with Crippen molar-refractivity contribution in [2.24, 2.45) is 5.73 Å². The van der Waals surface area contributed by atoms with Gasteiger partial charge in [0.1, 0.15) is 6.07 Å². The molecule has 0 heterocycles. The first-order chi connectivity index (χ1) is 8.60. The van der Waals surface area contributed by atoms with Gasteiger partial charge < -0.3 is 10.5 Å². The van der Waals surface area contributed by atoms with E-state index in [1.807, 2.05) is 0 Å². The Labute approximate surface area is 107 Å². The first-order valence-electron chi connectivity index (χ1n) is 5.00. The quantitative estimate of drug-likeness (QED) is 0.491. The van der Waals surface area contributed by atoms with Crippen LogP contribution in [0.15, 0.2) is 46.5 Å². The normalized spacial score (nSPS) is 13.1. The molecule has 6 heteroatoms. The predicted octanol–water partition coefficient (Wildman–Crippen LogP) is 0.704. The largest absolute Gasteiger partial charge is 0.465 e. The van der Waals surface area contributed by atoms with E-state index in [-0.39, 0.29) is 17.0 Å². The summed E-state index contributed by atoms with van der Waals surface area (Å²) in [7, 11) is -0.242. The van der Waals surface area contributed by atoms with Crippen molar-refractivity contribution in [3.63, 3.8) is 0 Å². The van der Waals surface area contributed by atoms with Gasteiger partial charge in [-0.1, -0.05) is 18.2 Å². The highest BCUT2D eigenvalue weighted by Gasteiger charge is 2.16. The van der Waals surface area contributed by atoms with E-state index in [1.54, 1.807) is 36.4 Å².